The van der Waals surface area contributed by atoms with Crippen LogP contribution in [0, 0.1) is 5.92 Å². The van der Waals surface area contributed by atoms with Gasteiger partial charge in [0.2, 0.25) is 6.16 Å². The second-order valence-corrected chi connectivity index (χ2v) is 3.84. The monoisotopic (exact) mass is 165 g/mol. The van der Waals surface area contributed by atoms with Gasteiger partial charge in [0, 0.05) is 0 Å². The first-order valence-electron chi connectivity index (χ1n) is 3.35. The summed E-state index contributed by atoms with van der Waals surface area (Å²) < 4.78 is 15.6. The normalized spacial score (nSPS) is 12.2. The Balaban J connectivity index is 3.22. The van der Waals surface area contributed by atoms with E-state index in [0.717, 1.165) is 0 Å². The highest BCUT2D eigenvalue weighted by atomic mass is 31.1. The molecule has 0 bridgehead atoms. The van der Waals surface area contributed by atoms with Crippen LogP contribution in [0.15, 0.2) is 0 Å². The topological polar surface area (TPSA) is 46.5 Å². The van der Waals surface area contributed by atoms with E-state index in [4.69, 9.17) is 9.63 Å². The fourth-order valence-electron chi connectivity index (χ4n) is 0.378. The van der Waals surface area contributed by atoms with E-state index in [2.05, 4.69) is 0 Å². The fraction of sp³-hybridized carbons (Fsp3) is 1.00. The zero-order chi connectivity index (χ0) is 7.98. The Kier molecular flexibility index (Phi) is 5.79. The first kappa shape index (κ1) is 10.0. The van der Waals surface area contributed by atoms with Crippen molar-refractivity contribution in [3.05, 3.63) is 0 Å². The molecule has 10 heavy (non-hydrogen) atoms. The highest BCUT2D eigenvalue weighted by molar-refractivity contribution is 7.39. The van der Waals surface area contributed by atoms with Crippen LogP contribution < -0.4 is 0 Å². The lowest BCUT2D eigenvalue weighted by Gasteiger charge is -1.94. The third-order valence-electron chi connectivity index (χ3n) is 0.834. The number of hydrogen-bond acceptors (Lipinski definition) is 3. The Labute approximate surface area is 62.3 Å². The van der Waals surface area contributed by atoms with Gasteiger partial charge in [-0.15, -0.1) is 4.52 Å². The molecule has 0 aromatic carbocycles. The summed E-state index contributed by atoms with van der Waals surface area (Å²) in [6.07, 6.45) is 0.252. The van der Waals surface area contributed by atoms with Gasteiger partial charge in [0.05, 0.1) is 6.61 Å². The second kappa shape index (κ2) is 5.78. The van der Waals surface area contributed by atoms with Crippen LogP contribution in [0.25, 0.3) is 0 Å². The van der Waals surface area contributed by atoms with Gasteiger partial charge in [-0.2, -0.15) is 0 Å². The van der Waals surface area contributed by atoms with E-state index >= 15 is 0 Å². The SMILES string of the molecule is CC(C)CO[P+](=O)CCO. The average molecular weight is 165 g/mol. The molecule has 0 heterocycles. The highest BCUT2D eigenvalue weighted by Gasteiger charge is 2.15. The third kappa shape index (κ3) is 6.14. The van der Waals surface area contributed by atoms with E-state index in [-0.39, 0.29) is 12.8 Å². The molecular weight excluding hydrogens is 151 g/mol. The summed E-state index contributed by atoms with van der Waals surface area (Å²) in [7, 11) is -1.61. The Hall–Kier alpha value is 0.0200. The van der Waals surface area contributed by atoms with Gasteiger partial charge in [-0.05, 0) is 10.5 Å². The molecule has 0 radical (unpaired) electrons. The summed E-state index contributed by atoms with van der Waals surface area (Å²) in [6, 6.07) is 0. The largest absolute Gasteiger partial charge is 0.510 e. The number of hydrogen-bond donors (Lipinski definition) is 1. The Morgan fingerprint density at radius 2 is 2.20 bits per heavy atom. The fourth-order valence-corrected chi connectivity index (χ4v) is 1.14. The van der Waals surface area contributed by atoms with Crippen molar-refractivity contribution in [3.63, 3.8) is 0 Å². The number of aliphatic hydroxyl groups is 1. The number of aliphatic hydroxyl groups excluding tert-OH is 1. The van der Waals surface area contributed by atoms with Gasteiger partial charge < -0.3 is 5.11 Å². The zero-order valence-electron chi connectivity index (χ0n) is 6.41. The summed E-state index contributed by atoms with van der Waals surface area (Å²) in [4.78, 5) is 0. The standard InChI is InChI=1S/C6H14O3P/c1-6(2)5-9-10(8)4-3-7/h6-7H,3-5H2,1-2H3/q+1. The predicted molar refractivity (Wildman–Crippen MR) is 40.3 cm³/mol. The first-order chi connectivity index (χ1) is 4.66. The van der Waals surface area contributed by atoms with Crippen LogP contribution in [0.1, 0.15) is 13.8 Å². The molecule has 0 aliphatic heterocycles. The molecule has 0 saturated carbocycles. The Bertz CT molecular complexity index is 103. The number of rotatable bonds is 5. The van der Waals surface area contributed by atoms with E-state index < -0.39 is 8.03 Å². The first-order valence-corrected chi connectivity index (χ1v) is 4.71. The predicted octanol–water partition coefficient (Wildman–Crippen LogP) is 1.39. The molecule has 0 aliphatic carbocycles. The smallest absolute Gasteiger partial charge is 0.392 e. The maximum Gasteiger partial charge on any atom is 0.510 e. The van der Waals surface area contributed by atoms with Crippen LogP contribution in [0.4, 0.5) is 0 Å². The molecule has 0 aromatic heterocycles. The summed E-state index contributed by atoms with van der Waals surface area (Å²) >= 11 is 0. The molecular formula is C6H14O3P+. The van der Waals surface area contributed by atoms with Crippen molar-refractivity contribution >= 4 is 8.03 Å². The van der Waals surface area contributed by atoms with Crippen molar-refractivity contribution in [2.45, 2.75) is 13.8 Å². The summed E-state index contributed by atoms with van der Waals surface area (Å²) in [6.45, 7) is 4.42. The van der Waals surface area contributed by atoms with Crippen molar-refractivity contribution in [2.75, 3.05) is 19.4 Å². The van der Waals surface area contributed by atoms with Gasteiger partial charge >= 0.3 is 8.03 Å². The van der Waals surface area contributed by atoms with Crippen molar-refractivity contribution in [3.8, 4) is 0 Å². The van der Waals surface area contributed by atoms with Gasteiger partial charge in [-0.3, -0.25) is 0 Å². The molecule has 60 valence electrons. The van der Waals surface area contributed by atoms with Crippen molar-refractivity contribution < 1.29 is 14.2 Å². The Morgan fingerprint density at radius 1 is 1.60 bits per heavy atom. The lowest BCUT2D eigenvalue weighted by Crippen LogP contribution is -1.98. The van der Waals surface area contributed by atoms with Crippen LogP contribution in [-0.4, -0.2) is 24.5 Å². The highest BCUT2D eigenvalue weighted by Crippen LogP contribution is 2.21. The van der Waals surface area contributed by atoms with Gasteiger partial charge in [0.25, 0.3) is 0 Å². The molecule has 4 heteroatoms. The molecule has 0 aliphatic rings. The maximum atomic E-state index is 10.7. The van der Waals surface area contributed by atoms with Crippen molar-refractivity contribution in [2.24, 2.45) is 5.92 Å². The van der Waals surface area contributed by atoms with Gasteiger partial charge in [-0.1, -0.05) is 13.8 Å². The molecule has 0 aromatic rings. The van der Waals surface area contributed by atoms with Crippen LogP contribution in [0.3, 0.4) is 0 Å². The van der Waals surface area contributed by atoms with Crippen LogP contribution >= 0.6 is 8.03 Å². The van der Waals surface area contributed by atoms with E-state index in [0.29, 0.717) is 12.5 Å². The zero-order valence-corrected chi connectivity index (χ0v) is 7.30. The van der Waals surface area contributed by atoms with E-state index in [1.165, 1.54) is 0 Å². The van der Waals surface area contributed by atoms with Gasteiger partial charge in [-0.25, -0.2) is 0 Å². The minimum absolute atomic E-state index is 0.0622. The quantitative estimate of drug-likeness (QED) is 0.626. The van der Waals surface area contributed by atoms with Crippen LogP contribution in [0.5, 0.6) is 0 Å². The second-order valence-electron chi connectivity index (χ2n) is 2.47. The summed E-state index contributed by atoms with van der Waals surface area (Å²) in [5.74, 6) is 0.401. The summed E-state index contributed by atoms with van der Waals surface area (Å²) in [5, 5.41) is 8.34. The van der Waals surface area contributed by atoms with E-state index in [1.54, 1.807) is 0 Å². The average Bonchev–Trinajstić information content (AvgIpc) is 1.85. The van der Waals surface area contributed by atoms with Gasteiger partial charge in [0.1, 0.15) is 6.61 Å². The van der Waals surface area contributed by atoms with Crippen LogP contribution in [0.2, 0.25) is 0 Å². The molecule has 3 nitrogen and oxygen atoms in total. The maximum absolute atomic E-state index is 10.7. The lowest BCUT2D eigenvalue weighted by atomic mass is 10.2. The molecule has 1 unspecified atom stereocenters. The third-order valence-corrected chi connectivity index (χ3v) is 1.84. The van der Waals surface area contributed by atoms with Crippen molar-refractivity contribution in [1.82, 2.24) is 0 Å². The molecule has 1 atom stereocenters. The summed E-state index contributed by atoms with van der Waals surface area (Å²) in [5.41, 5.74) is 0. The molecule has 0 spiro atoms. The molecule has 0 fully saturated rings. The molecule has 1 N–H and O–H groups in total. The van der Waals surface area contributed by atoms with Gasteiger partial charge in [0.15, 0.2) is 0 Å². The minimum atomic E-state index is -1.61. The molecule has 0 saturated heterocycles. The van der Waals surface area contributed by atoms with E-state index in [9.17, 15) is 4.57 Å². The minimum Gasteiger partial charge on any atom is -0.392 e. The van der Waals surface area contributed by atoms with Crippen molar-refractivity contribution in [1.29, 1.82) is 0 Å². The van der Waals surface area contributed by atoms with Crippen LogP contribution in [-0.2, 0) is 9.09 Å². The molecule has 0 rings (SSSR count). The Morgan fingerprint density at radius 3 is 2.60 bits per heavy atom. The lowest BCUT2D eigenvalue weighted by molar-refractivity contribution is 0.271. The van der Waals surface area contributed by atoms with E-state index in [1.807, 2.05) is 13.8 Å². The molecule has 0 amide bonds.